The number of ether oxygens (including phenoxy) is 1. The van der Waals surface area contributed by atoms with Crippen LogP contribution in [0.25, 0.3) is 6.08 Å². The molecule has 7 nitrogen and oxygen atoms in total. The Balaban J connectivity index is 2.23. The molecule has 0 bridgehead atoms. The molecule has 0 fully saturated rings. The summed E-state index contributed by atoms with van der Waals surface area (Å²) in [5.74, 6) is -0.157. The summed E-state index contributed by atoms with van der Waals surface area (Å²) in [6.45, 7) is 0. The van der Waals surface area contributed by atoms with Crippen molar-refractivity contribution >= 4 is 34.0 Å². The van der Waals surface area contributed by atoms with E-state index in [2.05, 4.69) is 5.32 Å². The van der Waals surface area contributed by atoms with Gasteiger partial charge >= 0.3 is 5.00 Å². The smallest absolute Gasteiger partial charge is 0.324 e. The number of nitrogens with one attached hydrogen (secondary N) is 1. The fourth-order valence-corrected chi connectivity index (χ4v) is 2.45. The lowest BCUT2D eigenvalue weighted by Gasteiger charge is -2.08. The Morgan fingerprint density at radius 3 is 2.83 bits per heavy atom. The van der Waals surface area contributed by atoms with Gasteiger partial charge in [-0.2, -0.15) is 5.26 Å². The van der Waals surface area contributed by atoms with Crippen molar-refractivity contribution in [1.82, 2.24) is 0 Å². The number of anilines is 1. The fraction of sp³-hybridized carbons (Fsp3) is 0.0667. The molecular formula is C15H11N3O4S. The number of hydrogen-bond acceptors (Lipinski definition) is 6. The minimum atomic E-state index is -0.620. The first-order chi connectivity index (χ1) is 11.0. The molecule has 0 saturated heterocycles. The zero-order valence-corrected chi connectivity index (χ0v) is 12.8. The second-order valence-electron chi connectivity index (χ2n) is 4.30. The first-order valence-electron chi connectivity index (χ1n) is 6.34. The Bertz CT molecular complexity index is 820. The number of carbonyl (C=O) groups excluding carboxylic acids is 1. The van der Waals surface area contributed by atoms with Gasteiger partial charge in [-0.05, 0) is 23.8 Å². The van der Waals surface area contributed by atoms with Crippen molar-refractivity contribution in [3.05, 3.63) is 57.0 Å². The highest BCUT2D eigenvalue weighted by molar-refractivity contribution is 7.13. The molecule has 0 atom stereocenters. The third kappa shape index (κ3) is 3.93. The van der Waals surface area contributed by atoms with E-state index in [1.807, 2.05) is 0 Å². The van der Waals surface area contributed by atoms with Crippen molar-refractivity contribution in [1.29, 1.82) is 5.26 Å². The van der Waals surface area contributed by atoms with Gasteiger partial charge < -0.3 is 10.1 Å². The van der Waals surface area contributed by atoms with E-state index in [4.69, 9.17) is 10.00 Å². The molecule has 1 N–H and O–H groups in total. The van der Waals surface area contributed by atoms with Crippen LogP contribution in [0, 0.1) is 21.4 Å². The largest absolute Gasteiger partial charge is 0.495 e. The average Bonchev–Trinajstić information content (AvgIpc) is 3.02. The molecule has 1 amide bonds. The highest BCUT2D eigenvalue weighted by Gasteiger charge is 2.14. The number of nitriles is 1. The maximum Gasteiger partial charge on any atom is 0.324 e. The van der Waals surface area contributed by atoms with Crippen LogP contribution in [0.2, 0.25) is 0 Å². The molecule has 2 rings (SSSR count). The van der Waals surface area contributed by atoms with Gasteiger partial charge in [0.2, 0.25) is 0 Å². The van der Waals surface area contributed by atoms with E-state index in [1.54, 1.807) is 30.3 Å². The van der Waals surface area contributed by atoms with Gasteiger partial charge in [-0.25, -0.2) is 0 Å². The monoisotopic (exact) mass is 329 g/mol. The second-order valence-corrected chi connectivity index (χ2v) is 5.19. The zero-order chi connectivity index (χ0) is 16.8. The average molecular weight is 329 g/mol. The summed E-state index contributed by atoms with van der Waals surface area (Å²) < 4.78 is 5.12. The minimum Gasteiger partial charge on any atom is -0.495 e. The Kier molecular flexibility index (Phi) is 5.07. The predicted molar refractivity (Wildman–Crippen MR) is 86.2 cm³/mol. The van der Waals surface area contributed by atoms with Crippen LogP contribution in [0.15, 0.2) is 41.3 Å². The lowest BCUT2D eigenvalue weighted by Crippen LogP contribution is -2.14. The summed E-state index contributed by atoms with van der Waals surface area (Å²) in [5, 5.41) is 23.8. The normalized spacial score (nSPS) is 10.7. The first-order valence-corrected chi connectivity index (χ1v) is 7.22. The summed E-state index contributed by atoms with van der Waals surface area (Å²) in [4.78, 5) is 22.3. The van der Waals surface area contributed by atoms with E-state index in [-0.39, 0.29) is 10.6 Å². The van der Waals surface area contributed by atoms with Gasteiger partial charge in [0.25, 0.3) is 5.91 Å². The second kappa shape index (κ2) is 7.20. The Morgan fingerprint density at radius 1 is 1.48 bits per heavy atom. The van der Waals surface area contributed by atoms with Crippen LogP contribution in [0.4, 0.5) is 10.7 Å². The van der Waals surface area contributed by atoms with Crippen molar-refractivity contribution in [2.75, 3.05) is 12.4 Å². The van der Waals surface area contributed by atoms with Gasteiger partial charge in [0.05, 0.1) is 17.7 Å². The third-order valence-corrected chi connectivity index (χ3v) is 3.72. The molecule has 0 saturated carbocycles. The summed E-state index contributed by atoms with van der Waals surface area (Å²) in [5.41, 5.74) is 0.689. The molecule has 1 aromatic heterocycles. The topological polar surface area (TPSA) is 105 Å². The van der Waals surface area contributed by atoms with Gasteiger partial charge in [-0.15, -0.1) is 0 Å². The standard InChI is InChI=1S/C15H11N3O4S/c1-22-13-5-3-2-4-12(13)17-15(19)11(8-16)6-10-7-14(18(20)21)23-9-10/h2-7,9H,1H3,(H,17,19)/b11-6-. The predicted octanol–water partition coefficient (Wildman–Crippen LogP) is 3.21. The number of carbonyl (C=O) groups is 1. The van der Waals surface area contributed by atoms with Crippen molar-refractivity contribution in [3.63, 3.8) is 0 Å². The molecular weight excluding hydrogens is 318 g/mol. The van der Waals surface area contributed by atoms with Crippen molar-refractivity contribution in [2.45, 2.75) is 0 Å². The third-order valence-electron chi connectivity index (χ3n) is 2.82. The van der Waals surface area contributed by atoms with E-state index in [0.717, 1.165) is 11.3 Å². The van der Waals surface area contributed by atoms with E-state index in [9.17, 15) is 14.9 Å². The van der Waals surface area contributed by atoms with Crippen LogP contribution in [0.5, 0.6) is 5.75 Å². The number of thiophene rings is 1. The molecule has 116 valence electrons. The molecule has 1 heterocycles. The number of hydrogen-bond donors (Lipinski definition) is 1. The van der Waals surface area contributed by atoms with Crippen LogP contribution in [0.3, 0.4) is 0 Å². The molecule has 8 heteroatoms. The van der Waals surface area contributed by atoms with Crippen molar-refractivity contribution < 1.29 is 14.5 Å². The maximum atomic E-state index is 12.2. The van der Waals surface area contributed by atoms with Crippen molar-refractivity contribution in [2.24, 2.45) is 0 Å². The van der Waals surface area contributed by atoms with Gasteiger partial charge in [0, 0.05) is 11.4 Å². The van der Waals surface area contributed by atoms with E-state index in [0.29, 0.717) is 17.0 Å². The summed E-state index contributed by atoms with van der Waals surface area (Å²) in [7, 11) is 1.47. The van der Waals surface area contributed by atoms with Gasteiger partial charge in [0.1, 0.15) is 17.4 Å². The van der Waals surface area contributed by atoms with Crippen LogP contribution in [-0.4, -0.2) is 17.9 Å². The fourth-order valence-electron chi connectivity index (χ4n) is 1.76. The molecule has 0 spiro atoms. The molecule has 0 aliphatic carbocycles. The van der Waals surface area contributed by atoms with Crippen LogP contribution in [0.1, 0.15) is 5.56 Å². The number of benzene rings is 1. The first kappa shape index (κ1) is 16.2. The lowest BCUT2D eigenvalue weighted by atomic mass is 10.2. The molecule has 0 aliphatic rings. The molecule has 23 heavy (non-hydrogen) atoms. The molecule has 0 radical (unpaired) electrons. The minimum absolute atomic E-state index is 0.0568. The highest BCUT2D eigenvalue weighted by Crippen LogP contribution is 2.26. The Labute approximate surface area is 135 Å². The molecule has 0 aliphatic heterocycles. The quantitative estimate of drug-likeness (QED) is 0.392. The number of nitrogens with zero attached hydrogens (tertiary/aromatic N) is 2. The number of amides is 1. The number of nitro groups is 1. The Morgan fingerprint density at radius 2 is 2.22 bits per heavy atom. The van der Waals surface area contributed by atoms with E-state index in [1.165, 1.54) is 24.6 Å². The van der Waals surface area contributed by atoms with E-state index < -0.39 is 10.8 Å². The summed E-state index contributed by atoms with van der Waals surface area (Å²) in [6.07, 6.45) is 1.30. The van der Waals surface area contributed by atoms with E-state index >= 15 is 0 Å². The molecule has 2 aromatic rings. The SMILES string of the molecule is COc1ccccc1NC(=O)/C(C#N)=C\c1csc([N+](=O)[O-])c1. The van der Waals surface area contributed by atoms with Gasteiger partial charge in [-0.1, -0.05) is 23.5 Å². The molecule has 1 aromatic carbocycles. The molecule has 0 unspecified atom stereocenters. The maximum absolute atomic E-state index is 12.2. The van der Waals surface area contributed by atoms with Gasteiger partial charge in [0.15, 0.2) is 0 Å². The van der Waals surface area contributed by atoms with Crippen molar-refractivity contribution in [3.8, 4) is 11.8 Å². The number of methoxy groups -OCH3 is 1. The highest BCUT2D eigenvalue weighted by atomic mass is 32.1. The van der Waals surface area contributed by atoms with Crippen LogP contribution < -0.4 is 10.1 Å². The summed E-state index contributed by atoms with van der Waals surface area (Å²) >= 11 is 0.927. The zero-order valence-electron chi connectivity index (χ0n) is 12.0. The Hall–Kier alpha value is -3.18. The van der Waals surface area contributed by atoms with Gasteiger partial charge in [-0.3, -0.25) is 14.9 Å². The van der Waals surface area contributed by atoms with Crippen LogP contribution in [-0.2, 0) is 4.79 Å². The number of para-hydroxylation sites is 2. The van der Waals surface area contributed by atoms with Crippen LogP contribution >= 0.6 is 11.3 Å². The summed E-state index contributed by atoms with van der Waals surface area (Å²) in [6, 6.07) is 9.88. The number of rotatable bonds is 5. The lowest BCUT2D eigenvalue weighted by molar-refractivity contribution is -0.380.